The summed E-state index contributed by atoms with van der Waals surface area (Å²) in [4.78, 5) is 34.1. The van der Waals surface area contributed by atoms with Gasteiger partial charge >= 0.3 is 0 Å². The van der Waals surface area contributed by atoms with E-state index < -0.39 is 0 Å². The minimum absolute atomic E-state index is 0.0904. The summed E-state index contributed by atoms with van der Waals surface area (Å²) in [6.45, 7) is 8.00. The molecule has 8 nitrogen and oxygen atoms in total. The number of aromatic nitrogens is 2. The van der Waals surface area contributed by atoms with Crippen LogP contribution in [0.25, 0.3) is 5.52 Å². The van der Waals surface area contributed by atoms with Crippen LogP contribution in [0.15, 0.2) is 36.8 Å². The van der Waals surface area contributed by atoms with Gasteiger partial charge in [-0.05, 0) is 56.9 Å². The van der Waals surface area contributed by atoms with Gasteiger partial charge in [-0.3, -0.25) is 14.4 Å². The molecule has 2 aromatic heterocycles. The lowest BCUT2D eigenvalue weighted by molar-refractivity contribution is 0.0537. The second-order valence-corrected chi connectivity index (χ2v) is 8.54. The molecule has 3 rings (SSSR count). The Morgan fingerprint density at radius 1 is 1.26 bits per heavy atom. The summed E-state index contributed by atoms with van der Waals surface area (Å²) in [5.41, 5.74) is 6.74. The molecule has 2 amide bonds. The number of aryl methyl sites for hydroxylation is 2. The first kappa shape index (κ1) is 22.7. The molecule has 2 atom stereocenters. The van der Waals surface area contributed by atoms with Crippen LogP contribution in [0.3, 0.4) is 0 Å². The van der Waals surface area contributed by atoms with Gasteiger partial charge in [-0.1, -0.05) is 6.07 Å². The van der Waals surface area contributed by atoms with Gasteiger partial charge in [-0.15, -0.1) is 8.58 Å². The quantitative estimate of drug-likeness (QED) is 0.368. The second kappa shape index (κ2) is 9.90. The third kappa shape index (κ3) is 5.03. The average molecular weight is 441 g/mol. The Labute approximate surface area is 183 Å². The molecular formula is C22H28N5O3P. The number of nitrogens with zero attached hydrogens (tertiary/aromatic N) is 2. The van der Waals surface area contributed by atoms with Crippen molar-refractivity contribution in [2.75, 3.05) is 25.3 Å². The highest BCUT2D eigenvalue weighted by Crippen LogP contribution is 2.28. The molecule has 0 bridgehead atoms. The highest BCUT2D eigenvalue weighted by atomic mass is 31.1. The van der Waals surface area contributed by atoms with Crippen LogP contribution in [0.5, 0.6) is 0 Å². The smallest absolute Gasteiger partial charge is 0.274 e. The third-order valence-corrected chi connectivity index (χ3v) is 6.04. The number of nitrogens with one attached hydrogen (secondary N) is 3. The maximum atomic E-state index is 12.8. The number of fused-ring (bicyclic) bond motifs is 1. The summed E-state index contributed by atoms with van der Waals surface area (Å²) in [7, 11) is 2.18. The first-order valence-corrected chi connectivity index (χ1v) is 11.7. The highest BCUT2D eigenvalue weighted by Gasteiger charge is 2.19. The SMILES string of the molecule is CONC(=O)c1ccc(C)c(Nc2nccn3cc(C(=O)N[C@@H](C)CPC)c(C)c23)c1. The summed E-state index contributed by atoms with van der Waals surface area (Å²) < 4.78 is 1.89. The van der Waals surface area contributed by atoms with E-state index in [1.165, 1.54) is 7.11 Å². The van der Waals surface area contributed by atoms with E-state index in [2.05, 4.69) is 27.8 Å². The number of anilines is 2. The highest BCUT2D eigenvalue weighted by molar-refractivity contribution is 7.37. The molecule has 0 aliphatic carbocycles. The molecule has 0 fully saturated rings. The molecule has 0 saturated carbocycles. The zero-order valence-corrected chi connectivity index (χ0v) is 19.4. The number of benzene rings is 1. The van der Waals surface area contributed by atoms with Crippen LogP contribution in [0, 0.1) is 13.8 Å². The van der Waals surface area contributed by atoms with E-state index in [0.29, 0.717) is 16.9 Å². The third-order valence-electron chi connectivity index (χ3n) is 5.02. The first-order chi connectivity index (χ1) is 14.8. The molecule has 1 aromatic carbocycles. The molecule has 2 heterocycles. The largest absolute Gasteiger partial charge is 0.349 e. The number of rotatable bonds is 8. The van der Waals surface area contributed by atoms with Crippen LogP contribution in [-0.4, -0.2) is 47.2 Å². The van der Waals surface area contributed by atoms with E-state index in [1.54, 1.807) is 18.3 Å². The van der Waals surface area contributed by atoms with Crippen LogP contribution >= 0.6 is 8.58 Å². The summed E-state index contributed by atoms with van der Waals surface area (Å²) >= 11 is 0. The molecule has 3 N–H and O–H groups in total. The molecule has 31 heavy (non-hydrogen) atoms. The van der Waals surface area contributed by atoms with Gasteiger partial charge in [0.2, 0.25) is 0 Å². The Balaban J connectivity index is 1.96. The maximum absolute atomic E-state index is 12.8. The van der Waals surface area contributed by atoms with E-state index in [9.17, 15) is 9.59 Å². The fraction of sp³-hybridized carbons (Fsp3) is 0.318. The number of hydrogen-bond donors (Lipinski definition) is 3. The fourth-order valence-electron chi connectivity index (χ4n) is 3.44. The van der Waals surface area contributed by atoms with Gasteiger partial charge in [0.15, 0.2) is 5.82 Å². The molecular weight excluding hydrogens is 413 g/mol. The average Bonchev–Trinajstić information content (AvgIpc) is 3.07. The Morgan fingerprint density at radius 2 is 2.03 bits per heavy atom. The molecule has 0 saturated heterocycles. The lowest BCUT2D eigenvalue weighted by Gasteiger charge is -2.13. The zero-order valence-electron chi connectivity index (χ0n) is 18.4. The number of carbonyl (C=O) groups is 2. The van der Waals surface area contributed by atoms with Crippen LogP contribution in [-0.2, 0) is 4.84 Å². The lowest BCUT2D eigenvalue weighted by atomic mass is 10.1. The Morgan fingerprint density at radius 3 is 2.74 bits per heavy atom. The molecule has 3 aromatic rings. The number of hydroxylamine groups is 1. The monoisotopic (exact) mass is 441 g/mol. The molecule has 164 valence electrons. The number of amides is 2. The van der Waals surface area contributed by atoms with E-state index in [4.69, 9.17) is 4.84 Å². The van der Waals surface area contributed by atoms with Gasteiger partial charge in [0.05, 0.1) is 18.2 Å². The Bertz CT molecular complexity index is 1110. The minimum atomic E-state index is -0.337. The predicted octanol–water partition coefficient (Wildman–Crippen LogP) is 3.41. The lowest BCUT2D eigenvalue weighted by Crippen LogP contribution is -2.34. The van der Waals surface area contributed by atoms with Crippen molar-refractivity contribution in [2.24, 2.45) is 0 Å². The topological polar surface area (TPSA) is 96.8 Å². The van der Waals surface area contributed by atoms with Crippen molar-refractivity contribution in [3.8, 4) is 0 Å². The van der Waals surface area contributed by atoms with Crippen molar-refractivity contribution < 1.29 is 14.4 Å². The van der Waals surface area contributed by atoms with Crippen molar-refractivity contribution in [1.82, 2.24) is 20.2 Å². The summed E-state index contributed by atoms with van der Waals surface area (Å²) in [6, 6.07) is 5.45. The van der Waals surface area contributed by atoms with Gasteiger partial charge < -0.3 is 15.0 Å². The van der Waals surface area contributed by atoms with Crippen LogP contribution < -0.4 is 16.1 Å². The van der Waals surface area contributed by atoms with Crippen molar-refractivity contribution in [3.05, 3.63) is 59.0 Å². The second-order valence-electron chi connectivity index (χ2n) is 7.42. The molecule has 1 unspecified atom stereocenters. The fourth-order valence-corrected chi connectivity index (χ4v) is 4.15. The van der Waals surface area contributed by atoms with Gasteiger partial charge in [0, 0.05) is 35.9 Å². The zero-order chi connectivity index (χ0) is 22.5. The molecule has 0 spiro atoms. The van der Waals surface area contributed by atoms with Crippen LogP contribution in [0.1, 0.15) is 38.8 Å². The molecule has 0 aliphatic rings. The molecule has 0 radical (unpaired) electrons. The van der Waals surface area contributed by atoms with Crippen molar-refractivity contribution in [3.63, 3.8) is 0 Å². The van der Waals surface area contributed by atoms with Crippen LogP contribution in [0.2, 0.25) is 0 Å². The van der Waals surface area contributed by atoms with E-state index in [1.807, 2.05) is 43.6 Å². The Hall–Kier alpha value is -2.96. The van der Waals surface area contributed by atoms with Gasteiger partial charge in [0.25, 0.3) is 11.8 Å². The maximum Gasteiger partial charge on any atom is 0.274 e. The number of hydrogen-bond acceptors (Lipinski definition) is 5. The normalized spacial score (nSPS) is 12.3. The van der Waals surface area contributed by atoms with Gasteiger partial charge in [0.1, 0.15) is 0 Å². The summed E-state index contributed by atoms with van der Waals surface area (Å²) in [6.07, 6.45) is 6.27. The number of carbonyl (C=O) groups excluding carboxylic acids is 2. The van der Waals surface area contributed by atoms with E-state index >= 15 is 0 Å². The predicted molar refractivity (Wildman–Crippen MR) is 125 cm³/mol. The minimum Gasteiger partial charge on any atom is -0.349 e. The Kier molecular flexibility index (Phi) is 7.25. The standard InChI is InChI=1S/C22H28N5O3P/c1-13-6-7-16(21(28)26-30-4)10-18(13)25-20-19-15(3)17(11-27(19)9-8-23-20)22(29)24-14(2)12-31-5/h6-11,14,31H,12H2,1-5H3,(H,23,25)(H,24,29)(H,26,28)/t14-/m0/s1. The van der Waals surface area contributed by atoms with Crippen LogP contribution in [0.4, 0.5) is 11.5 Å². The van der Waals surface area contributed by atoms with E-state index in [-0.39, 0.29) is 17.9 Å². The van der Waals surface area contributed by atoms with E-state index in [0.717, 1.165) is 37.1 Å². The summed E-state index contributed by atoms with van der Waals surface area (Å²) in [5.74, 6) is 0.179. The molecule has 0 aliphatic heterocycles. The van der Waals surface area contributed by atoms with Crippen molar-refractivity contribution >= 4 is 37.4 Å². The first-order valence-electron chi connectivity index (χ1n) is 9.98. The van der Waals surface area contributed by atoms with Crippen molar-refractivity contribution in [1.29, 1.82) is 0 Å². The molecule has 9 heteroatoms. The van der Waals surface area contributed by atoms with Gasteiger partial charge in [-0.25, -0.2) is 10.5 Å². The van der Waals surface area contributed by atoms with Gasteiger partial charge in [-0.2, -0.15) is 0 Å². The summed E-state index contributed by atoms with van der Waals surface area (Å²) in [5, 5.41) is 6.39. The van der Waals surface area contributed by atoms with Crippen molar-refractivity contribution in [2.45, 2.75) is 26.8 Å².